The first kappa shape index (κ1) is 15.9. The molecule has 82 valence electrons. The van der Waals surface area contributed by atoms with E-state index in [9.17, 15) is 0 Å². The van der Waals surface area contributed by atoms with E-state index in [4.69, 9.17) is 0 Å². The molecule has 1 heterocycles. The van der Waals surface area contributed by atoms with E-state index in [-0.39, 0.29) is 24.8 Å². The third-order valence-corrected chi connectivity index (χ3v) is 2.64. The van der Waals surface area contributed by atoms with Crippen LogP contribution in [0.3, 0.4) is 0 Å². The van der Waals surface area contributed by atoms with Crippen LogP contribution < -0.4 is 5.32 Å². The van der Waals surface area contributed by atoms with Gasteiger partial charge < -0.3 is 10.2 Å². The first-order valence-corrected chi connectivity index (χ1v) is 4.66. The van der Waals surface area contributed by atoms with Crippen LogP contribution in [0.5, 0.6) is 0 Å². The molecule has 0 aliphatic carbocycles. The highest BCUT2D eigenvalue weighted by atomic mass is 35.5. The van der Waals surface area contributed by atoms with Gasteiger partial charge in [0.1, 0.15) is 0 Å². The van der Waals surface area contributed by atoms with Crippen molar-refractivity contribution in [1.29, 1.82) is 0 Å². The average molecular weight is 229 g/mol. The summed E-state index contributed by atoms with van der Waals surface area (Å²) in [5.41, 5.74) is 0. The van der Waals surface area contributed by atoms with E-state index in [2.05, 4.69) is 17.3 Å². The van der Waals surface area contributed by atoms with Gasteiger partial charge in [0.2, 0.25) is 0 Å². The summed E-state index contributed by atoms with van der Waals surface area (Å²) in [5.74, 6) is 0.985. The first-order chi connectivity index (χ1) is 5.33. The normalized spacial score (nSPS) is 18.9. The van der Waals surface area contributed by atoms with Gasteiger partial charge in [0, 0.05) is 0 Å². The second-order valence-corrected chi connectivity index (χ2v) is 3.64. The summed E-state index contributed by atoms with van der Waals surface area (Å²) >= 11 is 0. The van der Waals surface area contributed by atoms with Crippen molar-refractivity contribution >= 4 is 24.8 Å². The third-order valence-electron chi connectivity index (χ3n) is 2.64. The molecule has 1 fully saturated rings. The minimum atomic E-state index is 0. The lowest BCUT2D eigenvalue weighted by Crippen LogP contribution is -2.31. The topological polar surface area (TPSA) is 15.3 Å². The highest BCUT2D eigenvalue weighted by Crippen LogP contribution is 2.18. The lowest BCUT2D eigenvalue weighted by atomic mass is 9.94. The Hall–Kier alpha value is 0.500. The van der Waals surface area contributed by atoms with Gasteiger partial charge in [-0.25, -0.2) is 0 Å². The second-order valence-electron chi connectivity index (χ2n) is 3.64. The van der Waals surface area contributed by atoms with Crippen molar-refractivity contribution in [2.24, 2.45) is 5.92 Å². The van der Waals surface area contributed by atoms with Crippen LogP contribution >= 0.6 is 24.8 Å². The van der Waals surface area contributed by atoms with Gasteiger partial charge in [0.15, 0.2) is 0 Å². The van der Waals surface area contributed by atoms with E-state index >= 15 is 0 Å². The molecule has 0 saturated carbocycles. The molecule has 4 heteroatoms. The van der Waals surface area contributed by atoms with Gasteiger partial charge in [-0.1, -0.05) is 0 Å². The fourth-order valence-corrected chi connectivity index (χ4v) is 1.70. The number of hydrogen-bond acceptors (Lipinski definition) is 2. The molecule has 0 aromatic heterocycles. The van der Waals surface area contributed by atoms with Crippen LogP contribution in [0.4, 0.5) is 0 Å². The molecule has 0 aromatic carbocycles. The van der Waals surface area contributed by atoms with Crippen LogP contribution in [0.25, 0.3) is 0 Å². The first-order valence-electron chi connectivity index (χ1n) is 4.66. The summed E-state index contributed by atoms with van der Waals surface area (Å²) in [4.78, 5) is 2.43. The Kier molecular flexibility index (Phi) is 11.1. The van der Waals surface area contributed by atoms with E-state index in [0.717, 1.165) is 5.92 Å². The zero-order chi connectivity index (χ0) is 8.10. The molecule has 1 N–H and O–H groups in total. The Morgan fingerprint density at radius 1 is 1.23 bits per heavy atom. The molecule has 0 spiro atoms. The molecular formula is C9H22Cl2N2. The van der Waals surface area contributed by atoms with Crippen molar-refractivity contribution in [3.8, 4) is 0 Å². The number of piperidine rings is 1. The average Bonchev–Trinajstić information content (AvgIpc) is 2.04. The van der Waals surface area contributed by atoms with E-state index in [1.807, 2.05) is 7.05 Å². The Labute approximate surface area is 94.3 Å². The van der Waals surface area contributed by atoms with Crippen LogP contribution in [-0.4, -0.2) is 38.6 Å². The van der Waals surface area contributed by atoms with Gasteiger partial charge >= 0.3 is 0 Å². The van der Waals surface area contributed by atoms with Gasteiger partial charge in [0.05, 0.1) is 0 Å². The maximum absolute atomic E-state index is 3.21. The smallest absolute Gasteiger partial charge is 0.00191 e. The Bertz CT molecular complexity index is 101. The molecule has 0 atom stereocenters. The summed E-state index contributed by atoms with van der Waals surface area (Å²) < 4.78 is 0. The van der Waals surface area contributed by atoms with E-state index in [1.165, 1.54) is 38.9 Å². The monoisotopic (exact) mass is 228 g/mol. The Balaban J connectivity index is 0. The number of rotatable bonds is 3. The van der Waals surface area contributed by atoms with Crippen molar-refractivity contribution in [3.05, 3.63) is 0 Å². The molecule has 0 amide bonds. The number of halogens is 2. The molecule has 2 nitrogen and oxygen atoms in total. The molecule has 13 heavy (non-hydrogen) atoms. The molecule has 0 bridgehead atoms. The molecular weight excluding hydrogens is 207 g/mol. The maximum atomic E-state index is 3.21. The fraction of sp³-hybridized carbons (Fsp3) is 1.00. The van der Waals surface area contributed by atoms with E-state index in [1.54, 1.807) is 0 Å². The second kappa shape index (κ2) is 9.07. The van der Waals surface area contributed by atoms with Crippen molar-refractivity contribution in [2.75, 3.05) is 33.7 Å². The Morgan fingerprint density at radius 3 is 2.23 bits per heavy atom. The zero-order valence-corrected chi connectivity index (χ0v) is 10.2. The van der Waals surface area contributed by atoms with Gasteiger partial charge in [0.25, 0.3) is 0 Å². The SMILES string of the molecule is CNCCC1CCN(C)CC1.Cl.Cl. The molecule has 1 rings (SSSR count). The molecule has 1 saturated heterocycles. The summed E-state index contributed by atoms with van der Waals surface area (Å²) in [6.45, 7) is 3.79. The Morgan fingerprint density at radius 2 is 1.77 bits per heavy atom. The van der Waals surface area contributed by atoms with Gasteiger partial charge in [-0.05, 0) is 58.9 Å². The maximum Gasteiger partial charge on any atom is -0.00191 e. The highest BCUT2D eigenvalue weighted by molar-refractivity contribution is 5.85. The van der Waals surface area contributed by atoms with Crippen molar-refractivity contribution < 1.29 is 0 Å². The summed E-state index contributed by atoms with van der Waals surface area (Å²) in [5, 5.41) is 3.21. The summed E-state index contributed by atoms with van der Waals surface area (Å²) in [6, 6.07) is 0. The van der Waals surface area contributed by atoms with Gasteiger partial charge in [-0.3, -0.25) is 0 Å². The fourth-order valence-electron chi connectivity index (χ4n) is 1.70. The lowest BCUT2D eigenvalue weighted by Gasteiger charge is -2.28. The molecule has 1 aliphatic rings. The van der Waals surface area contributed by atoms with Crippen LogP contribution in [0.15, 0.2) is 0 Å². The van der Waals surface area contributed by atoms with Gasteiger partial charge in [-0.2, -0.15) is 0 Å². The van der Waals surface area contributed by atoms with Crippen molar-refractivity contribution in [3.63, 3.8) is 0 Å². The van der Waals surface area contributed by atoms with Crippen LogP contribution in [0.1, 0.15) is 19.3 Å². The largest absolute Gasteiger partial charge is 0.320 e. The van der Waals surface area contributed by atoms with Crippen LogP contribution in [0.2, 0.25) is 0 Å². The number of likely N-dealkylation sites (tertiary alicyclic amines) is 1. The van der Waals surface area contributed by atoms with Crippen molar-refractivity contribution in [2.45, 2.75) is 19.3 Å². The van der Waals surface area contributed by atoms with Crippen molar-refractivity contribution in [1.82, 2.24) is 10.2 Å². The standard InChI is InChI=1S/C9H20N2.2ClH/c1-10-6-3-9-4-7-11(2)8-5-9;;/h9-10H,3-8H2,1-2H3;2*1H. The quantitative estimate of drug-likeness (QED) is 0.793. The predicted octanol–water partition coefficient (Wildman–Crippen LogP) is 1.78. The minimum Gasteiger partial charge on any atom is -0.320 e. The predicted molar refractivity (Wildman–Crippen MR) is 63.3 cm³/mol. The van der Waals surface area contributed by atoms with Gasteiger partial charge in [-0.15, -0.1) is 24.8 Å². The molecule has 1 aliphatic heterocycles. The number of nitrogens with one attached hydrogen (secondary N) is 1. The summed E-state index contributed by atoms with van der Waals surface area (Å²) in [7, 11) is 4.25. The third kappa shape index (κ3) is 6.55. The molecule has 0 aromatic rings. The number of nitrogens with zero attached hydrogens (tertiary/aromatic N) is 1. The van der Waals surface area contributed by atoms with Crippen LogP contribution in [0, 0.1) is 5.92 Å². The van der Waals surface area contributed by atoms with Crippen LogP contribution in [-0.2, 0) is 0 Å². The molecule has 0 radical (unpaired) electrons. The lowest BCUT2D eigenvalue weighted by molar-refractivity contribution is 0.212. The summed E-state index contributed by atoms with van der Waals surface area (Å²) in [6.07, 6.45) is 4.17. The number of hydrogen-bond donors (Lipinski definition) is 1. The zero-order valence-electron chi connectivity index (χ0n) is 8.58. The highest BCUT2D eigenvalue weighted by Gasteiger charge is 2.15. The van der Waals surface area contributed by atoms with E-state index < -0.39 is 0 Å². The minimum absolute atomic E-state index is 0. The molecule has 0 unspecified atom stereocenters. The van der Waals surface area contributed by atoms with E-state index in [0.29, 0.717) is 0 Å².